The number of esters is 1. The highest BCUT2D eigenvalue weighted by Gasteiger charge is 2.32. The van der Waals surface area contributed by atoms with Gasteiger partial charge in [-0.05, 0) is 36.8 Å². The summed E-state index contributed by atoms with van der Waals surface area (Å²) < 4.78 is 10.9. The van der Waals surface area contributed by atoms with E-state index in [1.807, 2.05) is 60.7 Å². The van der Waals surface area contributed by atoms with Gasteiger partial charge in [0.25, 0.3) is 0 Å². The van der Waals surface area contributed by atoms with E-state index in [-0.39, 0.29) is 56.9 Å². The second-order valence-corrected chi connectivity index (χ2v) is 10.3. The Balaban J connectivity index is 1.48. The molecule has 2 aliphatic rings. The van der Waals surface area contributed by atoms with Gasteiger partial charge in [-0.1, -0.05) is 72.8 Å². The smallest absolute Gasteiger partial charge is 0.408 e. The Hall–Kier alpha value is -4.18. The Morgan fingerprint density at radius 3 is 2.46 bits per heavy atom. The van der Waals surface area contributed by atoms with Crippen molar-refractivity contribution in [1.29, 1.82) is 0 Å². The van der Waals surface area contributed by atoms with Crippen LogP contribution in [0.2, 0.25) is 0 Å². The standard InChI is InChI=1S/C31H37N3O7/c35-19-25-15-9-17-34(25)28(36)18-24-14-7-8-16-26(33-31(39)41-20-22-10-3-1-4-11-22)30(38)40-21-27(32-29(24)37)23-12-5-2-6-13-23/h1-8,10-13,24-27,35H,9,14-21H2,(H,32,37)(H,33,39). The van der Waals surface area contributed by atoms with Crippen molar-refractivity contribution in [3.8, 4) is 0 Å². The fourth-order valence-electron chi connectivity index (χ4n) is 5.04. The van der Waals surface area contributed by atoms with Crippen LogP contribution in [0.4, 0.5) is 4.79 Å². The minimum absolute atomic E-state index is 0.0124. The molecule has 41 heavy (non-hydrogen) atoms. The highest BCUT2D eigenvalue weighted by molar-refractivity contribution is 5.86. The van der Waals surface area contributed by atoms with Crippen LogP contribution in [0, 0.1) is 5.92 Å². The molecule has 0 saturated carbocycles. The Labute approximate surface area is 239 Å². The van der Waals surface area contributed by atoms with Crippen LogP contribution in [0.5, 0.6) is 0 Å². The van der Waals surface area contributed by atoms with Gasteiger partial charge in [0.15, 0.2) is 0 Å². The molecule has 10 heteroatoms. The van der Waals surface area contributed by atoms with Gasteiger partial charge in [0, 0.05) is 13.0 Å². The third kappa shape index (κ3) is 8.65. The molecule has 3 N–H and O–H groups in total. The number of rotatable bonds is 7. The lowest BCUT2D eigenvalue weighted by Gasteiger charge is -2.27. The Morgan fingerprint density at radius 1 is 1.02 bits per heavy atom. The van der Waals surface area contributed by atoms with Crippen molar-refractivity contribution >= 4 is 23.9 Å². The van der Waals surface area contributed by atoms with Gasteiger partial charge < -0.3 is 30.1 Å². The maximum absolute atomic E-state index is 13.4. The molecule has 2 aliphatic heterocycles. The van der Waals surface area contributed by atoms with Crippen molar-refractivity contribution in [2.45, 2.75) is 56.8 Å². The lowest BCUT2D eigenvalue weighted by Crippen LogP contribution is -2.44. The first-order chi connectivity index (χ1) is 19.9. The summed E-state index contributed by atoms with van der Waals surface area (Å²) in [5.74, 6) is -1.82. The van der Waals surface area contributed by atoms with Gasteiger partial charge in [0.05, 0.1) is 24.6 Å². The van der Waals surface area contributed by atoms with Crippen LogP contribution in [0.1, 0.15) is 49.3 Å². The molecule has 10 nitrogen and oxygen atoms in total. The second-order valence-electron chi connectivity index (χ2n) is 10.3. The molecule has 0 aliphatic carbocycles. The molecular formula is C31H37N3O7. The summed E-state index contributed by atoms with van der Waals surface area (Å²) in [5, 5.41) is 15.2. The molecule has 4 rings (SSSR count). The molecule has 0 aromatic heterocycles. The van der Waals surface area contributed by atoms with E-state index in [0.29, 0.717) is 6.54 Å². The zero-order valence-electron chi connectivity index (χ0n) is 22.9. The van der Waals surface area contributed by atoms with Crippen molar-refractivity contribution in [3.05, 3.63) is 83.9 Å². The number of carbonyl (C=O) groups excluding carboxylic acids is 4. The average molecular weight is 564 g/mol. The Morgan fingerprint density at radius 2 is 1.73 bits per heavy atom. The van der Waals surface area contributed by atoms with E-state index in [4.69, 9.17) is 9.47 Å². The molecule has 2 heterocycles. The number of cyclic esters (lactones) is 1. The fraction of sp³-hybridized carbons (Fsp3) is 0.419. The van der Waals surface area contributed by atoms with Crippen LogP contribution in [0.3, 0.4) is 0 Å². The number of amides is 3. The molecular weight excluding hydrogens is 526 g/mol. The number of benzene rings is 2. The molecule has 2 aromatic rings. The van der Waals surface area contributed by atoms with Crippen LogP contribution < -0.4 is 10.6 Å². The summed E-state index contributed by atoms with van der Waals surface area (Å²) in [6.07, 6.45) is 4.60. The Bertz CT molecular complexity index is 1200. The molecule has 218 valence electrons. The number of hydrogen-bond donors (Lipinski definition) is 3. The van der Waals surface area contributed by atoms with E-state index in [2.05, 4.69) is 10.6 Å². The zero-order valence-corrected chi connectivity index (χ0v) is 22.9. The lowest BCUT2D eigenvalue weighted by atomic mass is 9.97. The van der Waals surface area contributed by atoms with Crippen LogP contribution in [-0.4, -0.2) is 65.7 Å². The number of aliphatic hydroxyl groups is 1. The minimum atomic E-state index is -1.00. The molecule has 4 unspecified atom stereocenters. The zero-order chi connectivity index (χ0) is 29.0. The average Bonchev–Trinajstić information content (AvgIpc) is 3.48. The summed E-state index contributed by atoms with van der Waals surface area (Å²) >= 11 is 0. The number of nitrogens with zero attached hydrogens (tertiary/aromatic N) is 1. The van der Waals surface area contributed by atoms with Crippen LogP contribution in [0.25, 0.3) is 0 Å². The monoisotopic (exact) mass is 563 g/mol. The summed E-state index contributed by atoms with van der Waals surface area (Å²) in [7, 11) is 0. The minimum Gasteiger partial charge on any atom is -0.462 e. The normalized spacial score (nSPS) is 23.5. The van der Waals surface area contributed by atoms with Crippen LogP contribution in [0.15, 0.2) is 72.8 Å². The summed E-state index contributed by atoms with van der Waals surface area (Å²) in [5.41, 5.74) is 1.54. The second kappa shape index (κ2) is 15.0. The van der Waals surface area contributed by atoms with Crippen molar-refractivity contribution < 1.29 is 33.8 Å². The molecule has 0 bridgehead atoms. The maximum atomic E-state index is 13.4. The number of aliphatic hydroxyl groups excluding tert-OH is 1. The van der Waals surface area contributed by atoms with E-state index in [9.17, 15) is 24.3 Å². The molecule has 0 spiro atoms. The topological polar surface area (TPSA) is 134 Å². The Kier molecular flexibility index (Phi) is 10.9. The predicted octanol–water partition coefficient (Wildman–Crippen LogP) is 3.02. The van der Waals surface area contributed by atoms with Gasteiger partial charge in [-0.15, -0.1) is 0 Å². The van der Waals surface area contributed by atoms with E-state index in [1.165, 1.54) is 0 Å². The number of allylic oxidation sites excluding steroid dienone is 1. The maximum Gasteiger partial charge on any atom is 0.408 e. The first-order valence-corrected chi connectivity index (χ1v) is 14.0. The van der Waals surface area contributed by atoms with Crippen molar-refractivity contribution in [3.63, 3.8) is 0 Å². The molecule has 0 radical (unpaired) electrons. The predicted molar refractivity (Wildman–Crippen MR) is 150 cm³/mol. The first-order valence-electron chi connectivity index (χ1n) is 14.0. The first kappa shape index (κ1) is 29.8. The lowest BCUT2D eigenvalue weighted by molar-refractivity contribution is -0.147. The molecule has 1 fully saturated rings. The van der Waals surface area contributed by atoms with Crippen molar-refractivity contribution in [2.24, 2.45) is 5.92 Å². The molecule has 3 amide bonds. The number of ether oxygens (including phenoxy) is 2. The highest BCUT2D eigenvalue weighted by atomic mass is 16.6. The number of carbonyl (C=O) groups is 4. The van der Waals surface area contributed by atoms with Crippen LogP contribution >= 0.6 is 0 Å². The van der Waals surface area contributed by atoms with Gasteiger partial charge >= 0.3 is 12.1 Å². The van der Waals surface area contributed by atoms with Gasteiger partial charge in [-0.3, -0.25) is 9.59 Å². The number of nitrogens with one attached hydrogen (secondary N) is 2. The van der Waals surface area contributed by atoms with E-state index in [0.717, 1.165) is 24.0 Å². The molecule has 1 saturated heterocycles. The largest absolute Gasteiger partial charge is 0.462 e. The van der Waals surface area contributed by atoms with Gasteiger partial charge in [0.1, 0.15) is 19.3 Å². The van der Waals surface area contributed by atoms with E-state index < -0.39 is 30.1 Å². The highest BCUT2D eigenvalue weighted by Crippen LogP contribution is 2.23. The van der Waals surface area contributed by atoms with E-state index >= 15 is 0 Å². The fourth-order valence-corrected chi connectivity index (χ4v) is 5.04. The molecule has 4 atom stereocenters. The van der Waals surface area contributed by atoms with Gasteiger partial charge in [0.2, 0.25) is 11.8 Å². The third-order valence-corrected chi connectivity index (χ3v) is 7.36. The number of likely N-dealkylation sites (tertiary alicyclic amines) is 1. The number of hydrogen-bond acceptors (Lipinski definition) is 7. The summed E-state index contributed by atoms with van der Waals surface area (Å²) in [4.78, 5) is 53.7. The van der Waals surface area contributed by atoms with Gasteiger partial charge in [-0.2, -0.15) is 0 Å². The van der Waals surface area contributed by atoms with Crippen molar-refractivity contribution in [2.75, 3.05) is 19.8 Å². The number of alkyl carbamates (subject to hydrolysis) is 1. The van der Waals surface area contributed by atoms with Gasteiger partial charge in [-0.25, -0.2) is 9.59 Å². The molecule has 2 aromatic carbocycles. The van der Waals surface area contributed by atoms with Crippen molar-refractivity contribution in [1.82, 2.24) is 15.5 Å². The third-order valence-electron chi connectivity index (χ3n) is 7.36. The summed E-state index contributed by atoms with van der Waals surface area (Å²) in [6, 6.07) is 16.4. The van der Waals surface area contributed by atoms with Crippen LogP contribution in [-0.2, 0) is 30.5 Å². The summed E-state index contributed by atoms with van der Waals surface area (Å²) in [6.45, 7) is 0.349. The van der Waals surface area contributed by atoms with E-state index in [1.54, 1.807) is 17.1 Å². The quantitative estimate of drug-likeness (QED) is 0.348. The SMILES string of the molecule is O=C(NC1CC=CCC(CC(=O)N2CCCC2CO)C(=O)NC(c2ccccc2)COC1=O)OCc1ccccc1.